The van der Waals surface area contributed by atoms with E-state index >= 15 is 0 Å². The molecule has 0 aromatic rings. The predicted molar refractivity (Wildman–Crippen MR) is 50.8 cm³/mol. The zero-order valence-electron chi connectivity index (χ0n) is 8.22. The summed E-state index contributed by atoms with van der Waals surface area (Å²) in [5.41, 5.74) is 1.42. The third-order valence-corrected chi connectivity index (χ3v) is 2.17. The number of hydrogen-bond acceptors (Lipinski definition) is 1. The van der Waals surface area contributed by atoms with Gasteiger partial charge in [-0.15, -0.1) is 0 Å². The van der Waals surface area contributed by atoms with E-state index < -0.39 is 0 Å². The quantitative estimate of drug-likeness (QED) is 0.538. The van der Waals surface area contributed by atoms with E-state index in [1.807, 2.05) is 13.0 Å². The normalized spacial score (nSPS) is 24.2. The minimum absolute atomic E-state index is 0.0595. The van der Waals surface area contributed by atoms with E-state index in [2.05, 4.69) is 26.8 Å². The SMILES string of the molecule is CC1C=C(C(C)(C)C)C=CC1=O. The molecule has 0 aliphatic heterocycles. The summed E-state index contributed by atoms with van der Waals surface area (Å²) >= 11 is 0. The van der Waals surface area contributed by atoms with Crippen LogP contribution in [0.15, 0.2) is 23.8 Å². The van der Waals surface area contributed by atoms with Crippen LogP contribution in [0, 0.1) is 11.3 Å². The van der Waals surface area contributed by atoms with Crippen molar-refractivity contribution >= 4 is 5.78 Å². The Morgan fingerprint density at radius 3 is 2.25 bits per heavy atom. The predicted octanol–water partition coefficient (Wildman–Crippen LogP) is 2.73. The van der Waals surface area contributed by atoms with Crippen LogP contribution in [-0.4, -0.2) is 5.78 Å². The summed E-state index contributed by atoms with van der Waals surface area (Å²) < 4.78 is 0. The van der Waals surface area contributed by atoms with Gasteiger partial charge in [0.25, 0.3) is 0 Å². The van der Waals surface area contributed by atoms with Crippen LogP contribution in [0.4, 0.5) is 0 Å². The topological polar surface area (TPSA) is 17.1 Å². The van der Waals surface area contributed by atoms with Crippen molar-refractivity contribution in [1.29, 1.82) is 0 Å². The molecule has 0 amide bonds. The lowest BCUT2D eigenvalue weighted by molar-refractivity contribution is -0.116. The maximum atomic E-state index is 11.1. The monoisotopic (exact) mass is 164 g/mol. The van der Waals surface area contributed by atoms with Crippen LogP contribution >= 0.6 is 0 Å². The highest BCUT2D eigenvalue weighted by Gasteiger charge is 2.20. The van der Waals surface area contributed by atoms with Gasteiger partial charge in [-0.2, -0.15) is 0 Å². The second-order valence-electron chi connectivity index (χ2n) is 4.40. The van der Waals surface area contributed by atoms with Crippen molar-refractivity contribution in [2.75, 3.05) is 0 Å². The molecule has 0 N–H and O–H groups in total. The van der Waals surface area contributed by atoms with Gasteiger partial charge in [-0.05, 0) is 17.1 Å². The Labute approximate surface area is 74.2 Å². The second kappa shape index (κ2) is 2.89. The van der Waals surface area contributed by atoms with Gasteiger partial charge in [-0.1, -0.05) is 39.8 Å². The summed E-state index contributed by atoms with van der Waals surface area (Å²) in [6.45, 7) is 8.42. The van der Waals surface area contributed by atoms with E-state index in [-0.39, 0.29) is 17.1 Å². The summed E-state index contributed by atoms with van der Waals surface area (Å²) in [6, 6.07) is 0. The summed E-state index contributed by atoms with van der Waals surface area (Å²) in [4.78, 5) is 11.1. The molecule has 0 saturated carbocycles. The van der Waals surface area contributed by atoms with E-state index in [0.717, 1.165) is 0 Å². The van der Waals surface area contributed by atoms with Crippen LogP contribution in [0.1, 0.15) is 27.7 Å². The van der Waals surface area contributed by atoms with Crippen LogP contribution in [0.2, 0.25) is 0 Å². The first-order valence-electron chi connectivity index (χ1n) is 4.35. The van der Waals surface area contributed by atoms with Gasteiger partial charge in [0.2, 0.25) is 0 Å². The van der Waals surface area contributed by atoms with Gasteiger partial charge >= 0.3 is 0 Å². The molecule has 0 spiro atoms. The lowest BCUT2D eigenvalue weighted by atomic mass is 9.81. The minimum atomic E-state index is 0.0595. The van der Waals surface area contributed by atoms with E-state index in [9.17, 15) is 4.79 Å². The molecule has 66 valence electrons. The molecule has 1 aliphatic carbocycles. The van der Waals surface area contributed by atoms with Crippen LogP contribution in [0.3, 0.4) is 0 Å². The van der Waals surface area contributed by atoms with Gasteiger partial charge in [0, 0.05) is 5.92 Å². The number of ketones is 1. The fourth-order valence-electron chi connectivity index (χ4n) is 1.23. The van der Waals surface area contributed by atoms with Crippen molar-refractivity contribution in [3.63, 3.8) is 0 Å². The smallest absolute Gasteiger partial charge is 0.162 e. The highest BCUT2D eigenvalue weighted by molar-refractivity contribution is 5.94. The largest absolute Gasteiger partial charge is 0.294 e. The van der Waals surface area contributed by atoms with Crippen LogP contribution < -0.4 is 0 Å². The van der Waals surface area contributed by atoms with Crippen LogP contribution in [-0.2, 0) is 4.79 Å². The molecule has 0 saturated heterocycles. The molecular weight excluding hydrogens is 148 g/mol. The van der Waals surface area contributed by atoms with Gasteiger partial charge in [-0.25, -0.2) is 0 Å². The van der Waals surface area contributed by atoms with E-state index in [1.165, 1.54) is 5.57 Å². The third kappa shape index (κ3) is 1.84. The van der Waals surface area contributed by atoms with Crippen molar-refractivity contribution < 1.29 is 4.79 Å². The molecule has 0 bridgehead atoms. The molecule has 0 heterocycles. The lowest BCUT2D eigenvalue weighted by Crippen LogP contribution is -2.16. The van der Waals surface area contributed by atoms with Crippen molar-refractivity contribution in [2.45, 2.75) is 27.7 Å². The first-order chi connectivity index (χ1) is 5.41. The van der Waals surface area contributed by atoms with Crippen molar-refractivity contribution in [1.82, 2.24) is 0 Å². The van der Waals surface area contributed by atoms with Gasteiger partial charge in [0.05, 0.1) is 0 Å². The molecule has 0 aromatic carbocycles. The summed E-state index contributed by atoms with van der Waals surface area (Å²) in [5, 5.41) is 0. The fourth-order valence-corrected chi connectivity index (χ4v) is 1.23. The van der Waals surface area contributed by atoms with Gasteiger partial charge in [0.1, 0.15) is 0 Å². The van der Waals surface area contributed by atoms with E-state index in [1.54, 1.807) is 6.08 Å². The summed E-state index contributed by atoms with van der Waals surface area (Å²) in [6.07, 6.45) is 5.68. The Kier molecular flexibility index (Phi) is 2.22. The third-order valence-electron chi connectivity index (χ3n) is 2.17. The van der Waals surface area contributed by atoms with Gasteiger partial charge in [0.15, 0.2) is 5.78 Å². The Morgan fingerprint density at radius 2 is 1.83 bits per heavy atom. The Balaban J connectivity index is 2.91. The second-order valence-corrected chi connectivity index (χ2v) is 4.40. The molecule has 1 nitrogen and oxygen atoms in total. The van der Waals surface area contributed by atoms with Crippen molar-refractivity contribution in [3.05, 3.63) is 23.8 Å². The molecule has 1 rings (SSSR count). The molecule has 1 atom stereocenters. The number of rotatable bonds is 0. The first kappa shape index (κ1) is 9.24. The molecule has 1 heteroatoms. The standard InChI is InChI=1S/C11H16O/c1-8-7-9(11(2,3)4)5-6-10(8)12/h5-8H,1-4H3. The highest BCUT2D eigenvalue weighted by atomic mass is 16.1. The Morgan fingerprint density at radius 1 is 1.25 bits per heavy atom. The zero-order chi connectivity index (χ0) is 9.35. The van der Waals surface area contributed by atoms with Crippen molar-refractivity contribution in [2.24, 2.45) is 11.3 Å². The molecule has 0 radical (unpaired) electrons. The molecular formula is C11H16O. The molecule has 1 aliphatic rings. The Hall–Kier alpha value is -0.850. The summed E-state index contributed by atoms with van der Waals surface area (Å²) in [5.74, 6) is 0.271. The van der Waals surface area contributed by atoms with Gasteiger partial charge in [-0.3, -0.25) is 4.79 Å². The maximum Gasteiger partial charge on any atom is 0.162 e. The fraction of sp³-hybridized carbons (Fsp3) is 0.545. The van der Waals surface area contributed by atoms with Crippen LogP contribution in [0.25, 0.3) is 0 Å². The van der Waals surface area contributed by atoms with Gasteiger partial charge < -0.3 is 0 Å². The number of hydrogen-bond donors (Lipinski definition) is 0. The highest BCUT2D eigenvalue weighted by Crippen LogP contribution is 2.29. The summed E-state index contributed by atoms with van der Waals surface area (Å²) in [7, 11) is 0. The average molecular weight is 164 g/mol. The van der Waals surface area contributed by atoms with Crippen molar-refractivity contribution in [3.8, 4) is 0 Å². The molecule has 0 fully saturated rings. The minimum Gasteiger partial charge on any atom is -0.294 e. The molecule has 12 heavy (non-hydrogen) atoms. The average Bonchev–Trinajstić information content (AvgIpc) is 1.92. The Bertz CT molecular complexity index is 251. The molecule has 1 unspecified atom stereocenters. The number of carbonyl (C=O) groups is 1. The maximum absolute atomic E-state index is 11.1. The van der Waals surface area contributed by atoms with E-state index in [0.29, 0.717) is 0 Å². The lowest BCUT2D eigenvalue weighted by Gasteiger charge is -2.23. The number of allylic oxidation sites excluding steroid dienone is 4. The number of carbonyl (C=O) groups excluding carboxylic acids is 1. The van der Waals surface area contributed by atoms with E-state index in [4.69, 9.17) is 0 Å². The van der Waals surface area contributed by atoms with Crippen LogP contribution in [0.5, 0.6) is 0 Å². The zero-order valence-corrected chi connectivity index (χ0v) is 8.22. The first-order valence-corrected chi connectivity index (χ1v) is 4.35. The molecule has 0 aromatic heterocycles.